The van der Waals surface area contributed by atoms with Gasteiger partial charge in [0.25, 0.3) is 5.56 Å². The van der Waals surface area contributed by atoms with Gasteiger partial charge in [-0.2, -0.15) is 4.98 Å². The molecule has 2 heterocycles. The van der Waals surface area contributed by atoms with E-state index in [1.807, 2.05) is 0 Å². The summed E-state index contributed by atoms with van der Waals surface area (Å²) < 4.78 is 10.9. The first-order valence-corrected chi connectivity index (χ1v) is 7.68. The monoisotopic (exact) mass is 363 g/mol. The molecule has 0 bridgehead atoms. The maximum atomic E-state index is 12.2. The van der Waals surface area contributed by atoms with Crippen molar-refractivity contribution in [3.05, 3.63) is 22.8 Å². The zero-order valence-corrected chi connectivity index (χ0v) is 14.4. The van der Waals surface area contributed by atoms with E-state index in [0.717, 1.165) is 17.0 Å². The van der Waals surface area contributed by atoms with E-state index >= 15 is 0 Å². The molecule has 0 aliphatic carbocycles. The van der Waals surface area contributed by atoms with Crippen LogP contribution in [0, 0.1) is 0 Å². The van der Waals surface area contributed by atoms with Crippen LogP contribution in [0.5, 0.6) is 0 Å². The van der Waals surface area contributed by atoms with E-state index < -0.39 is 23.4 Å². The lowest BCUT2D eigenvalue weighted by Gasteiger charge is -2.09. The number of esters is 2. The van der Waals surface area contributed by atoms with Crippen LogP contribution in [0.2, 0.25) is 0 Å². The highest BCUT2D eigenvalue weighted by atomic mass is 16.5. The van der Waals surface area contributed by atoms with E-state index in [0.29, 0.717) is 0 Å². The Morgan fingerprint density at radius 2 is 1.96 bits per heavy atom. The minimum atomic E-state index is -0.831. The zero-order chi connectivity index (χ0) is 19.3. The lowest BCUT2D eigenvalue weighted by molar-refractivity contribution is -0.139. The van der Waals surface area contributed by atoms with Crippen LogP contribution in [-0.4, -0.2) is 50.6 Å². The molecule has 0 radical (unpaired) electrons. The summed E-state index contributed by atoms with van der Waals surface area (Å²) in [6, 6.07) is 0. The maximum absolute atomic E-state index is 12.2. The second-order valence-electron chi connectivity index (χ2n) is 4.88. The molecule has 2 aromatic rings. The van der Waals surface area contributed by atoms with Crippen molar-refractivity contribution in [3.8, 4) is 0 Å². The van der Waals surface area contributed by atoms with Crippen LogP contribution >= 0.6 is 0 Å². The van der Waals surface area contributed by atoms with Gasteiger partial charge in [0.05, 0.1) is 19.3 Å². The topological polar surface area (TPSA) is 145 Å². The normalized spacial score (nSPS) is 11.3. The molecule has 0 spiro atoms. The lowest BCUT2D eigenvalue weighted by atomic mass is 10.3. The number of carbonyl (C=O) groups excluding carboxylic acids is 3. The summed E-state index contributed by atoms with van der Waals surface area (Å²) in [6.07, 6.45) is 2.07. The van der Waals surface area contributed by atoms with Gasteiger partial charge >= 0.3 is 11.9 Å². The molecule has 2 rings (SSSR count). The summed E-state index contributed by atoms with van der Waals surface area (Å²) in [5, 5.41) is 2.34. The molecule has 0 saturated carbocycles. The number of aromatic nitrogens is 4. The number of hydrogen-bond acceptors (Lipinski definition) is 8. The summed E-state index contributed by atoms with van der Waals surface area (Å²) in [6.45, 7) is 4.64. The molecule has 0 atom stereocenters. The third-order valence-corrected chi connectivity index (χ3v) is 2.99. The standard InChI is InChI=1S/C15H17N5O6/c1-4-25-10(22)6-9(14(24)26-5-2)20-7-16-11-12(20)18-15(17-8(3)21)19-13(11)23/h6-7H,4-5H2,1-3H3,(H2,17,18,19,21,23)/b9-6-. The van der Waals surface area contributed by atoms with Gasteiger partial charge < -0.3 is 9.47 Å². The van der Waals surface area contributed by atoms with E-state index in [2.05, 4.69) is 20.3 Å². The van der Waals surface area contributed by atoms with Gasteiger partial charge in [-0.25, -0.2) is 14.6 Å². The molecular weight excluding hydrogens is 346 g/mol. The third-order valence-electron chi connectivity index (χ3n) is 2.99. The van der Waals surface area contributed by atoms with Gasteiger partial charge in [0.15, 0.2) is 11.2 Å². The number of anilines is 1. The second kappa shape index (κ2) is 8.05. The number of aromatic amines is 1. The molecule has 0 saturated heterocycles. The van der Waals surface area contributed by atoms with Gasteiger partial charge in [-0.1, -0.05) is 0 Å². The average Bonchev–Trinajstić information content (AvgIpc) is 2.96. The first-order chi connectivity index (χ1) is 12.4. The summed E-state index contributed by atoms with van der Waals surface area (Å²) in [5.74, 6) is -2.19. The molecule has 11 heteroatoms. The molecule has 0 aromatic carbocycles. The van der Waals surface area contributed by atoms with Crippen molar-refractivity contribution in [1.82, 2.24) is 19.5 Å². The van der Waals surface area contributed by atoms with Crippen LogP contribution in [-0.2, 0) is 23.9 Å². The molecule has 0 aliphatic heterocycles. The van der Waals surface area contributed by atoms with E-state index in [4.69, 9.17) is 9.47 Å². The van der Waals surface area contributed by atoms with Crippen molar-refractivity contribution in [2.75, 3.05) is 18.5 Å². The Bertz CT molecular complexity index is 942. The van der Waals surface area contributed by atoms with Crippen LogP contribution < -0.4 is 10.9 Å². The van der Waals surface area contributed by atoms with Crippen LogP contribution in [0.1, 0.15) is 20.8 Å². The quantitative estimate of drug-likeness (QED) is 0.541. The van der Waals surface area contributed by atoms with Gasteiger partial charge in [0.2, 0.25) is 11.9 Å². The van der Waals surface area contributed by atoms with Crippen molar-refractivity contribution in [2.24, 2.45) is 0 Å². The number of rotatable bonds is 6. The first kappa shape index (κ1) is 18.8. The number of fused-ring (bicyclic) bond motifs is 1. The van der Waals surface area contributed by atoms with Gasteiger partial charge in [0.1, 0.15) is 12.0 Å². The van der Waals surface area contributed by atoms with E-state index in [1.165, 1.54) is 6.92 Å². The third kappa shape index (κ3) is 4.12. The smallest absolute Gasteiger partial charge is 0.355 e. The molecule has 2 aromatic heterocycles. The highest BCUT2D eigenvalue weighted by molar-refractivity contribution is 6.16. The Kier molecular flexibility index (Phi) is 5.83. The molecule has 11 nitrogen and oxygen atoms in total. The number of carbonyl (C=O) groups is 3. The Hall–Kier alpha value is -3.50. The van der Waals surface area contributed by atoms with E-state index in [-0.39, 0.29) is 36.0 Å². The zero-order valence-electron chi connectivity index (χ0n) is 14.4. The second-order valence-corrected chi connectivity index (χ2v) is 4.88. The molecule has 138 valence electrons. The number of hydrogen-bond donors (Lipinski definition) is 2. The number of amides is 1. The Balaban J connectivity index is 2.63. The molecule has 2 N–H and O–H groups in total. The first-order valence-electron chi connectivity index (χ1n) is 7.68. The highest BCUT2D eigenvalue weighted by Crippen LogP contribution is 2.16. The van der Waals surface area contributed by atoms with Crippen molar-refractivity contribution in [1.29, 1.82) is 0 Å². The highest BCUT2D eigenvalue weighted by Gasteiger charge is 2.21. The SMILES string of the molecule is CCOC(=O)/C=C(/C(=O)OCC)n1cnc2c(=O)[nH]c(NC(C)=O)nc21. The molecule has 0 aliphatic rings. The molecule has 0 unspecified atom stereocenters. The van der Waals surface area contributed by atoms with Crippen molar-refractivity contribution >= 4 is 40.7 Å². The summed E-state index contributed by atoms with van der Waals surface area (Å²) in [7, 11) is 0. The fourth-order valence-corrected chi connectivity index (χ4v) is 2.04. The van der Waals surface area contributed by atoms with Crippen molar-refractivity contribution in [2.45, 2.75) is 20.8 Å². The predicted molar refractivity (Wildman–Crippen MR) is 90.0 cm³/mol. The fourth-order valence-electron chi connectivity index (χ4n) is 2.04. The molecule has 1 amide bonds. The molecule has 0 fully saturated rings. The number of H-pyrrole nitrogens is 1. The summed E-state index contributed by atoms with van der Waals surface area (Å²) in [5.41, 5.74) is -0.990. The minimum Gasteiger partial charge on any atom is -0.463 e. The molecule has 26 heavy (non-hydrogen) atoms. The van der Waals surface area contributed by atoms with Crippen LogP contribution in [0.15, 0.2) is 17.2 Å². The van der Waals surface area contributed by atoms with Crippen molar-refractivity contribution in [3.63, 3.8) is 0 Å². The van der Waals surface area contributed by atoms with Crippen LogP contribution in [0.3, 0.4) is 0 Å². The van der Waals surface area contributed by atoms with Crippen LogP contribution in [0.4, 0.5) is 5.95 Å². The van der Waals surface area contributed by atoms with E-state index in [1.54, 1.807) is 13.8 Å². The Morgan fingerprint density at radius 1 is 1.27 bits per heavy atom. The number of nitrogens with one attached hydrogen (secondary N) is 2. The fraction of sp³-hybridized carbons (Fsp3) is 0.333. The summed E-state index contributed by atoms with van der Waals surface area (Å²) >= 11 is 0. The van der Waals surface area contributed by atoms with E-state index in [9.17, 15) is 19.2 Å². The average molecular weight is 363 g/mol. The summed E-state index contributed by atoms with van der Waals surface area (Å²) in [4.78, 5) is 57.6. The van der Waals surface area contributed by atoms with Gasteiger partial charge in [-0.3, -0.25) is 24.5 Å². The van der Waals surface area contributed by atoms with Gasteiger partial charge in [-0.05, 0) is 13.8 Å². The van der Waals surface area contributed by atoms with Gasteiger partial charge in [0, 0.05) is 6.92 Å². The number of ether oxygens (including phenoxy) is 2. The van der Waals surface area contributed by atoms with Crippen molar-refractivity contribution < 1.29 is 23.9 Å². The Morgan fingerprint density at radius 3 is 2.58 bits per heavy atom. The number of nitrogens with zero attached hydrogens (tertiary/aromatic N) is 3. The molecular formula is C15H17N5O6. The minimum absolute atomic E-state index is 0.0406. The number of imidazole rings is 1. The largest absolute Gasteiger partial charge is 0.463 e. The van der Waals surface area contributed by atoms with Crippen LogP contribution in [0.25, 0.3) is 16.9 Å². The maximum Gasteiger partial charge on any atom is 0.355 e. The Labute approximate surface area is 147 Å². The predicted octanol–water partition coefficient (Wildman–Crippen LogP) is 0.0451. The van der Waals surface area contributed by atoms with Gasteiger partial charge in [-0.15, -0.1) is 0 Å². The lowest BCUT2D eigenvalue weighted by Crippen LogP contribution is -2.18.